The van der Waals surface area contributed by atoms with E-state index in [-0.39, 0.29) is 35.9 Å². The molecular formula is C14H20ClNO5. The average molecular weight is 318 g/mol. The molecule has 0 aromatic heterocycles. The van der Waals surface area contributed by atoms with E-state index in [2.05, 4.69) is 5.32 Å². The number of ether oxygens (including phenoxy) is 3. The van der Waals surface area contributed by atoms with Gasteiger partial charge in [0.15, 0.2) is 18.1 Å². The molecule has 0 saturated carbocycles. The van der Waals surface area contributed by atoms with Crippen molar-refractivity contribution in [3.63, 3.8) is 0 Å². The van der Waals surface area contributed by atoms with E-state index in [1.54, 1.807) is 19.2 Å². The fraction of sp³-hybridized carbons (Fsp3) is 0.500. The summed E-state index contributed by atoms with van der Waals surface area (Å²) >= 11 is 6.06. The molecule has 1 atom stereocenters. The molecule has 2 N–H and O–H groups in total. The van der Waals surface area contributed by atoms with Crippen molar-refractivity contribution in [3.05, 3.63) is 22.7 Å². The molecule has 0 aliphatic heterocycles. The number of carbonyl (C=O) groups excluding carboxylic acids is 1. The molecule has 118 valence electrons. The first-order valence-corrected chi connectivity index (χ1v) is 6.78. The van der Waals surface area contributed by atoms with Crippen molar-refractivity contribution in [2.24, 2.45) is 0 Å². The van der Waals surface area contributed by atoms with Crippen molar-refractivity contribution in [3.8, 4) is 11.5 Å². The molecule has 0 fully saturated rings. The van der Waals surface area contributed by atoms with Crippen LogP contribution in [0.25, 0.3) is 0 Å². The highest BCUT2D eigenvalue weighted by molar-refractivity contribution is 6.32. The molecular weight excluding hydrogens is 298 g/mol. The van der Waals surface area contributed by atoms with E-state index in [1.165, 1.54) is 7.11 Å². The molecule has 0 bridgehead atoms. The Kier molecular flexibility index (Phi) is 7.28. The second kappa shape index (κ2) is 8.71. The van der Waals surface area contributed by atoms with Crippen molar-refractivity contribution in [2.45, 2.75) is 19.6 Å². The summed E-state index contributed by atoms with van der Waals surface area (Å²) in [5.74, 6) is 0.346. The molecule has 1 aromatic rings. The fourth-order valence-corrected chi connectivity index (χ4v) is 2.04. The van der Waals surface area contributed by atoms with Gasteiger partial charge in [0, 0.05) is 13.2 Å². The topological polar surface area (TPSA) is 77.0 Å². The van der Waals surface area contributed by atoms with Gasteiger partial charge in [-0.05, 0) is 24.6 Å². The van der Waals surface area contributed by atoms with Crippen LogP contribution in [0.5, 0.6) is 11.5 Å². The summed E-state index contributed by atoms with van der Waals surface area (Å²) in [6, 6.07) is 3.05. The second-order valence-electron chi connectivity index (χ2n) is 4.48. The van der Waals surface area contributed by atoms with Gasteiger partial charge in [-0.25, -0.2) is 0 Å². The highest BCUT2D eigenvalue weighted by Crippen LogP contribution is 2.36. The first kappa shape index (κ1) is 17.6. The Labute approximate surface area is 129 Å². The van der Waals surface area contributed by atoms with Gasteiger partial charge in [-0.3, -0.25) is 4.79 Å². The van der Waals surface area contributed by atoms with Crippen LogP contribution < -0.4 is 14.8 Å². The van der Waals surface area contributed by atoms with E-state index < -0.39 is 0 Å². The third kappa shape index (κ3) is 5.41. The highest BCUT2D eigenvalue weighted by atomic mass is 35.5. The van der Waals surface area contributed by atoms with Gasteiger partial charge in [0.2, 0.25) is 0 Å². The van der Waals surface area contributed by atoms with E-state index in [0.717, 1.165) is 0 Å². The quantitative estimate of drug-likeness (QED) is 0.757. The number of halogens is 1. The van der Waals surface area contributed by atoms with Crippen LogP contribution in [0.3, 0.4) is 0 Å². The lowest BCUT2D eigenvalue weighted by Crippen LogP contribution is -2.38. The molecule has 0 saturated heterocycles. The number of nitrogens with one attached hydrogen (secondary N) is 1. The zero-order valence-corrected chi connectivity index (χ0v) is 13.1. The van der Waals surface area contributed by atoms with E-state index in [1.807, 2.05) is 6.92 Å². The second-order valence-corrected chi connectivity index (χ2v) is 4.89. The van der Waals surface area contributed by atoms with E-state index in [4.69, 9.17) is 30.9 Å². The Morgan fingerprint density at radius 2 is 2.14 bits per heavy atom. The normalized spacial score (nSPS) is 11.9. The predicted octanol–water partition coefficient (Wildman–Crippen LogP) is 1.37. The summed E-state index contributed by atoms with van der Waals surface area (Å²) in [6.07, 6.45) is 0. The lowest BCUT2D eigenvalue weighted by Gasteiger charge is -2.15. The SMILES string of the molecule is COCC(C)NC(=O)COc1c(Cl)cc(CO)cc1OC. The number of aliphatic hydroxyl groups excluding tert-OH is 1. The van der Waals surface area contributed by atoms with E-state index in [0.29, 0.717) is 17.9 Å². The number of methoxy groups -OCH3 is 2. The number of rotatable bonds is 8. The van der Waals surface area contributed by atoms with Crippen LogP contribution in [0.15, 0.2) is 12.1 Å². The molecule has 6 nitrogen and oxygen atoms in total. The van der Waals surface area contributed by atoms with Gasteiger partial charge in [0.05, 0.1) is 25.3 Å². The molecule has 7 heteroatoms. The summed E-state index contributed by atoms with van der Waals surface area (Å²) in [6.45, 7) is 1.89. The zero-order chi connectivity index (χ0) is 15.8. The number of aliphatic hydroxyl groups is 1. The molecule has 0 radical (unpaired) electrons. The lowest BCUT2D eigenvalue weighted by molar-refractivity contribution is -0.124. The number of carbonyl (C=O) groups is 1. The molecule has 0 aliphatic carbocycles. The average Bonchev–Trinajstić information content (AvgIpc) is 2.45. The van der Waals surface area contributed by atoms with Gasteiger partial charge in [-0.1, -0.05) is 11.6 Å². The van der Waals surface area contributed by atoms with Crippen LogP contribution >= 0.6 is 11.6 Å². The number of amides is 1. The molecule has 21 heavy (non-hydrogen) atoms. The fourth-order valence-electron chi connectivity index (χ4n) is 1.75. The minimum Gasteiger partial charge on any atom is -0.493 e. The number of hydrogen-bond donors (Lipinski definition) is 2. The van der Waals surface area contributed by atoms with Crippen LogP contribution in [0.4, 0.5) is 0 Å². The summed E-state index contributed by atoms with van der Waals surface area (Å²) in [7, 11) is 3.02. The van der Waals surface area contributed by atoms with Gasteiger partial charge in [0.25, 0.3) is 5.91 Å². The number of benzene rings is 1. The van der Waals surface area contributed by atoms with Crippen LogP contribution in [0.2, 0.25) is 5.02 Å². The van der Waals surface area contributed by atoms with Crippen LogP contribution in [0, 0.1) is 0 Å². The predicted molar refractivity (Wildman–Crippen MR) is 78.9 cm³/mol. The van der Waals surface area contributed by atoms with Crippen LogP contribution in [-0.4, -0.2) is 44.5 Å². The van der Waals surface area contributed by atoms with Gasteiger partial charge in [-0.2, -0.15) is 0 Å². The first-order valence-electron chi connectivity index (χ1n) is 6.40. The largest absolute Gasteiger partial charge is 0.493 e. The first-order chi connectivity index (χ1) is 10.0. The highest BCUT2D eigenvalue weighted by Gasteiger charge is 2.14. The van der Waals surface area contributed by atoms with Gasteiger partial charge >= 0.3 is 0 Å². The third-order valence-electron chi connectivity index (χ3n) is 2.64. The Morgan fingerprint density at radius 3 is 2.71 bits per heavy atom. The monoisotopic (exact) mass is 317 g/mol. The summed E-state index contributed by atoms with van der Waals surface area (Å²) in [5.41, 5.74) is 0.599. The zero-order valence-electron chi connectivity index (χ0n) is 12.3. The Hall–Kier alpha value is -1.50. The number of hydrogen-bond acceptors (Lipinski definition) is 5. The molecule has 1 aromatic carbocycles. The summed E-state index contributed by atoms with van der Waals surface area (Å²) in [5, 5.41) is 12.1. The van der Waals surface area contributed by atoms with E-state index in [9.17, 15) is 4.79 Å². The maximum Gasteiger partial charge on any atom is 0.258 e. The van der Waals surface area contributed by atoms with Crippen molar-refractivity contribution < 1.29 is 24.1 Å². The van der Waals surface area contributed by atoms with Gasteiger partial charge in [-0.15, -0.1) is 0 Å². The van der Waals surface area contributed by atoms with Crippen molar-refractivity contribution in [1.82, 2.24) is 5.32 Å². The third-order valence-corrected chi connectivity index (χ3v) is 2.92. The van der Waals surface area contributed by atoms with Crippen LogP contribution in [0.1, 0.15) is 12.5 Å². The standard InChI is InChI=1S/C14H20ClNO5/c1-9(7-19-2)16-13(18)8-21-14-11(15)4-10(6-17)5-12(14)20-3/h4-5,9,17H,6-8H2,1-3H3,(H,16,18). The molecule has 1 amide bonds. The van der Waals surface area contributed by atoms with Crippen molar-refractivity contribution >= 4 is 17.5 Å². The Bertz CT molecular complexity index is 481. The molecule has 0 heterocycles. The molecule has 0 spiro atoms. The summed E-state index contributed by atoms with van der Waals surface area (Å²) < 4.78 is 15.5. The Balaban J connectivity index is 2.68. The molecule has 1 rings (SSSR count). The van der Waals surface area contributed by atoms with Gasteiger partial charge in [0.1, 0.15) is 0 Å². The maximum atomic E-state index is 11.7. The van der Waals surface area contributed by atoms with Crippen LogP contribution in [-0.2, 0) is 16.1 Å². The lowest BCUT2D eigenvalue weighted by atomic mass is 10.2. The summed E-state index contributed by atoms with van der Waals surface area (Å²) in [4.78, 5) is 11.7. The maximum absolute atomic E-state index is 11.7. The Morgan fingerprint density at radius 1 is 1.43 bits per heavy atom. The van der Waals surface area contributed by atoms with Crippen molar-refractivity contribution in [2.75, 3.05) is 27.4 Å². The van der Waals surface area contributed by atoms with E-state index >= 15 is 0 Å². The van der Waals surface area contributed by atoms with Gasteiger partial charge < -0.3 is 24.6 Å². The minimum absolute atomic E-state index is 0.111. The smallest absolute Gasteiger partial charge is 0.258 e. The molecule has 1 unspecified atom stereocenters. The minimum atomic E-state index is -0.288. The van der Waals surface area contributed by atoms with Crippen molar-refractivity contribution in [1.29, 1.82) is 0 Å². The molecule has 0 aliphatic rings.